The van der Waals surface area contributed by atoms with Gasteiger partial charge >= 0.3 is 0 Å². The van der Waals surface area contributed by atoms with E-state index < -0.39 is 155 Å². The molecule has 0 aliphatic rings. The highest BCUT2D eigenvalue weighted by Crippen LogP contribution is 2.38. The third kappa shape index (κ3) is 8.94. The summed E-state index contributed by atoms with van der Waals surface area (Å²) in [6.45, 7) is 17.7. The average Bonchev–Trinajstić information content (AvgIpc) is 1.41. The van der Waals surface area contributed by atoms with Crippen LogP contribution in [0.5, 0.6) is 11.5 Å². The maximum absolute atomic E-state index is 10.1. The Balaban J connectivity index is 1.25. The fraction of sp³-hybridized carbons (Fsp3) is 0.167. The lowest BCUT2D eigenvalue weighted by molar-refractivity contribution is -0.572. The van der Waals surface area contributed by atoms with E-state index in [0.717, 1.165) is 27.4 Å². The van der Waals surface area contributed by atoms with Gasteiger partial charge in [0.2, 0.25) is 0 Å². The van der Waals surface area contributed by atoms with Gasteiger partial charge in [-0.1, -0.05) is 232 Å². The Morgan fingerprint density at radius 3 is 1.73 bits per heavy atom. The van der Waals surface area contributed by atoms with Crippen molar-refractivity contribution in [3.05, 3.63) is 259 Å². The van der Waals surface area contributed by atoms with Crippen LogP contribution >= 0.6 is 0 Å². The lowest BCUT2D eigenvalue weighted by Crippen LogP contribution is -2.76. The number of nitrogens with zero attached hydrogens (tertiary/aromatic N) is 4. The number of benzene rings is 9. The number of imidazole rings is 1. The van der Waals surface area contributed by atoms with Crippen molar-refractivity contribution in [3.63, 3.8) is 0 Å². The molecule has 0 spiro atoms. The van der Waals surface area contributed by atoms with Crippen molar-refractivity contribution in [1.29, 1.82) is 0 Å². The van der Waals surface area contributed by atoms with Crippen LogP contribution in [-0.4, -0.2) is 22.2 Å². The quantitative estimate of drug-likeness (QED) is 0.0592. The van der Waals surface area contributed by atoms with Crippen molar-refractivity contribution in [2.75, 3.05) is 0 Å². The molecule has 3 heterocycles. The van der Waals surface area contributed by atoms with Gasteiger partial charge < -0.3 is 4.74 Å². The first-order valence-electron chi connectivity index (χ1n) is 35.6. The van der Waals surface area contributed by atoms with Crippen molar-refractivity contribution in [1.82, 2.24) is 14.1 Å². The van der Waals surface area contributed by atoms with Gasteiger partial charge in [0.25, 0.3) is 6.33 Å². The summed E-state index contributed by atoms with van der Waals surface area (Å²) >= 11 is 0. The number of para-hydroxylation sites is 1. The second-order valence-corrected chi connectivity index (χ2v) is 26.0. The number of rotatable bonds is 10. The molecule has 0 aliphatic carbocycles. The summed E-state index contributed by atoms with van der Waals surface area (Å²) in [5, 5.41) is -0.244. The summed E-state index contributed by atoms with van der Waals surface area (Å²) in [5.41, 5.74) is 2.45. The van der Waals surface area contributed by atoms with Crippen molar-refractivity contribution in [2.45, 2.75) is 78.6 Å². The number of hydrogen-bond acceptors (Lipinski definition) is 2. The topological polar surface area (TPSA) is 35.9 Å². The number of pyridine rings is 1. The van der Waals surface area contributed by atoms with Crippen LogP contribution in [0.4, 0.5) is 0 Å². The van der Waals surface area contributed by atoms with Gasteiger partial charge in [-0.15, -0.1) is 0 Å². The molecule has 0 N–H and O–H groups in total. The highest BCUT2D eigenvalue weighted by Gasteiger charge is 2.45. The van der Waals surface area contributed by atoms with Crippen molar-refractivity contribution in [3.8, 4) is 39.8 Å². The molecule has 0 amide bonds. The molecule has 384 valence electrons. The zero-order valence-corrected chi connectivity index (χ0v) is 45.7. The first kappa shape index (κ1) is 32.2. The number of ether oxygens (including phenoxy) is 1. The Morgan fingerprint density at radius 1 is 0.500 bits per heavy atom. The third-order valence-electron chi connectivity index (χ3n) is 14.3. The molecular weight excluding hydrogens is 965 g/mol. The summed E-state index contributed by atoms with van der Waals surface area (Å²) in [6.07, 6.45) is 5.35. The summed E-state index contributed by atoms with van der Waals surface area (Å²) in [5.74, 6) is 1.47. The normalized spacial score (nSPS) is 16.0. The van der Waals surface area contributed by atoms with Crippen LogP contribution in [0.2, 0.25) is 0 Å². The van der Waals surface area contributed by atoms with E-state index in [1.165, 1.54) is 0 Å². The van der Waals surface area contributed by atoms with E-state index in [4.69, 9.17) is 17.9 Å². The molecule has 0 saturated heterocycles. The SMILES string of the molecule is [2H]c1c([2H])c([2H])c(-c2ccc3c(c2)n(-c2cccc(Oc4ccc5c6ccccc6n(-c6cc(C(C)(C)C)ccn6)c5c4)c2)[c-][n+]3-c2c(C(C)(C)C)cc(C(C)(C)C)cc2[Si](c2c([2H])c([2H])c([2H])c([2H])c2[2H])(c2c([2H])c([2H])c([2H])c([2H])c2[2H])c2c([2H])c([2H])c([2H])c([2H])c2[2H])c([2H])c1[2H]. The minimum absolute atomic E-state index is 0.0422. The van der Waals surface area contributed by atoms with Gasteiger partial charge in [0.15, 0.2) is 8.07 Å². The van der Waals surface area contributed by atoms with Crippen LogP contribution < -0.4 is 30.1 Å². The molecule has 12 rings (SSSR count). The molecule has 0 atom stereocenters. The zero-order chi connectivity index (χ0) is 71.4. The number of aromatic nitrogens is 4. The van der Waals surface area contributed by atoms with Crippen molar-refractivity contribution >= 4 is 61.7 Å². The van der Waals surface area contributed by atoms with Gasteiger partial charge in [0, 0.05) is 23.0 Å². The Labute approximate surface area is 488 Å². The summed E-state index contributed by atoms with van der Waals surface area (Å²) in [6, 6.07) is 16.5. The smallest absolute Gasteiger partial charge is 0.269 e. The maximum Gasteiger partial charge on any atom is 0.269 e. The standard InChI is InChI=1S/C72H66N4OSi/c1-70(2,3)52-41-42-73-68(46-52)76-63-36-23-22-35-60(63)61-39-38-56(48-65(61)76)77-55-28-24-27-54(47-55)74-49-75(64-40-37-51(43-66(64)74)50-25-14-10-15-26-50)69-62(72(7,8)9)44-53(71(4,5)6)45-67(69)78(57-29-16-11-17-30-57,58-31-18-12-19-32-58)59-33-20-13-21-34-59/h10-48H,1-9H3/i10D,11D,12D,13D,14D,15D,16D,17D,18D,19D,20D,21D,25D,26D,29D,30D,31D,32D,33D,34D. The van der Waals surface area contributed by atoms with Gasteiger partial charge in [-0.3, -0.25) is 13.7 Å². The van der Waals surface area contributed by atoms with Gasteiger partial charge in [-0.25, -0.2) is 4.98 Å². The summed E-state index contributed by atoms with van der Waals surface area (Å²) in [7, 11) is -5.93. The van der Waals surface area contributed by atoms with Crippen LogP contribution in [0.25, 0.3) is 61.2 Å². The fourth-order valence-electron chi connectivity index (χ4n) is 10.4. The summed E-state index contributed by atoms with van der Waals surface area (Å²) in [4.78, 5) is 4.85. The van der Waals surface area contributed by atoms with Gasteiger partial charge in [0.1, 0.15) is 17.3 Å². The first-order valence-corrected chi connectivity index (χ1v) is 27.6. The predicted molar refractivity (Wildman–Crippen MR) is 327 cm³/mol. The van der Waals surface area contributed by atoms with E-state index in [-0.39, 0.29) is 38.4 Å². The minimum atomic E-state index is -5.93. The highest BCUT2D eigenvalue weighted by molar-refractivity contribution is 7.20. The molecule has 3 aromatic heterocycles. The lowest BCUT2D eigenvalue weighted by atomic mass is 9.79. The Kier molecular flexibility index (Phi) is 8.04. The molecule has 5 nitrogen and oxygen atoms in total. The molecule has 12 aromatic rings. The molecule has 0 aliphatic heterocycles. The first-order chi connectivity index (χ1) is 45.8. The maximum atomic E-state index is 10.1. The molecule has 0 fully saturated rings. The largest absolute Gasteiger partial charge is 0.458 e. The van der Waals surface area contributed by atoms with Crippen LogP contribution in [0.15, 0.2) is 236 Å². The number of hydrogen-bond donors (Lipinski definition) is 0. The molecule has 0 bridgehead atoms. The van der Waals surface area contributed by atoms with Crippen molar-refractivity contribution < 1.29 is 36.7 Å². The fourth-order valence-corrected chi connectivity index (χ4v) is 14.4. The monoisotopic (exact) mass is 1050 g/mol. The van der Waals surface area contributed by atoms with E-state index in [9.17, 15) is 19.2 Å². The molecule has 6 heteroatoms. The Morgan fingerprint density at radius 2 is 1.10 bits per heavy atom. The van der Waals surface area contributed by atoms with Crippen LogP contribution in [0.1, 0.15) is 106 Å². The molecular formula is C72H66N4OSi. The predicted octanol–water partition coefficient (Wildman–Crippen LogP) is 14.9. The van der Waals surface area contributed by atoms with Gasteiger partial charge in [0.05, 0.1) is 60.9 Å². The van der Waals surface area contributed by atoms with Gasteiger partial charge in [-0.05, 0) is 119 Å². The zero-order valence-electron chi connectivity index (χ0n) is 64.7. The van der Waals surface area contributed by atoms with E-state index in [1.807, 2.05) is 90.1 Å². The highest BCUT2D eigenvalue weighted by atomic mass is 28.3. The van der Waals surface area contributed by atoms with Crippen molar-refractivity contribution in [2.24, 2.45) is 0 Å². The second kappa shape index (κ2) is 19.5. The minimum Gasteiger partial charge on any atom is -0.458 e. The van der Waals surface area contributed by atoms with E-state index in [2.05, 4.69) is 43.8 Å². The number of fused-ring (bicyclic) bond motifs is 4. The van der Waals surface area contributed by atoms with Crippen LogP contribution in [0.3, 0.4) is 0 Å². The average molecular weight is 1050 g/mol. The van der Waals surface area contributed by atoms with E-state index in [1.54, 1.807) is 63.9 Å². The molecule has 0 unspecified atom stereocenters. The second-order valence-electron chi connectivity index (χ2n) is 22.4. The Hall–Kier alpha value is -8.58. The molecule has 0 saturated carbocycles. The van der Waals surface area contributed by atoms with Crippen LogP contribution in [0, 0.1) is 6.33 Å². The third-order valence-corrected chi connectivity index (χ3v) is 18.5. The lowest BCUT2D eigenvalue weighted by Gasteiger charge is -2.39. The van der Waals surface area contributed by atoms with Gasteiger partial charge in [-0.2, -0.15) is 0 Å². The summed E-state index contributed by atoms with van der Waals surface area (Å²) < 4.78 is 200. The van der Waals surface area contributed by atoms with E-state index in [0.29, 0.717) is 34.1 Å². The van der Waals surface area contributed by atoms with E-state index >= 15 is 0 Å². The molecule has 78 heavy (non-hydrogen) atoms. The van der Waals surface area contributed by atoms with Crippen LogP contribution in [-0.2, 0) is 16.2 Å². The molecule has 9 aromatic carbocycles. The molecule has 0 radical (unpaired) electrons. The Bertz CT molecular complexity index is 5130.